The van der Waals surface area contributed by atoms with E-state index < -0.39 is 11.6 Å². The van der Waals surface area contributed by atoms with Crippen LogP contribution >= 0.6 is 0 Å². The normalized spacial score (nSPS) is 9.90. The van der Waals surface area contributed by atoms with E-state index in [-0.39, 0.29) is 11.7 Å². The number of aromatic nitrogens is 1. The number of halogens is 2. The zero-order valence-electron chi connectivity index (χ0n) is 10.7. The fourth-order valence-corrected chi connectivity index (χ4v) is 1.52. The van der Waals surface area contributed by atoms with Gasteiger partial charge >= 0.3 is 0 Å². The van der Waals surface area contributed by atoms with E-state index in [4.69, 9.17) is 10.00 Å². The van der Waals surface area contributed by atoms with Crippen molar-refractivity contribution in [3.05, 3.63) is 47.5 Å². The molecule has 0 atom stereocenters. The molecular formula is C14H11F2N3O. The number of benzene rings is 1. The SMILES string of the molecule is CCNc1nc(Oc2ccc(C#N)cc2)c(F)cc1F. The lowest BCUT2D eigenvalue weighted by molar-refractivity contribution is 0.418. The van der Waals surface area contributed by atoms with Crippen LogP contribution in [0.3, 0.4) is 0 Å². The fourth-order valence-electron chi connectivity index (χ4n) is 1.52. The molecule has 0 aliphatic heterocycles. The molecule has 2 aromatic rings. The highest BCUT2D eigenvalue weighted by molar-refractivity contribution is 5.41. The van der Waals surface area contributed by atoms with Crippen LogP contribution in [0.4, 0.5) is 14.6 Å². The molecule has 20 heavy (non-hydrogen) atoms. The van der Waals surface area contributed by atoms with Crippen molar-refractivity contribution in [2.45, 2.75) is 6.92 Å². The molecule has 2 rings (SSSR count). The third kappa shape index (κ3) is 3.01. The van der Waals surface area contributed by atoms with E-state index in [0.717, 1.165) is 0 Å². The second-order valence-corrected chi connectivity index (χ2v) is 3.87. The van der Waals surface area contributed by atoms with Gasteiger partial charge in [-0.25, -0.2) is 8.78 Å². The fraction of sp³-hybridized carbons (Fsp3) is 0.143. The van der Waals surface area contributed by atoms with Crippen LogP contribution in [-0.2, 0) is 0 Å². The van der Waals surface area contributed by atoms with Gasteiger partial charge in [0.05, 0.1) is 11.6 Å². The van der Waals surface area contributed by atoms with Gasteiger partial charge in [0.25, 0.3) is 5.88 Å². The zero-order valence-corrected chi connectivity index (χ0v) is 10.7. The lowest BCUT2D eigenvalue weighted by Gasteiger charge is -2.09. The molecule has 0 spiro atoms. The number of nitrogens with one attached hydrogen (secondary N) is 1. The summed E-state index contributed by atoms with van der Waals surface area (Å²) in [6.45, 7) is 2.22. The molecule has 1 N–H and O–H groups in total. The van der Waals surface area contributed by atoms with Gasteiger partial charge in [-0.05, 0) is 31.2 Å². The van der Waals surface area contributed by atoms with Crippen LogP contribution in [0.5, 0.6) is 11.6 Å². The van der Waals surface area contributed by atoms with Gasteiger partial charge < -0.3 is 10.1 Å². The molecular weight excluding hydrogens is 264 g/mol. The van der Waals surface area contributed by atoms with Crippen LogP contribution < -0.4 is 10.1 Å². The summed E-state index contributed by atoms with van der Waals surface area (Å²) in [5, 5.41) is 11.3. The Morgan fingerprint density at radius 3 is 2.55 bits per heavy atom. The van der Waals surface area contributed by atoms with Crippen LogP contribution in [0.25, 0.3) is 0 Å². The summed E-state index contributed by atoms with van der Waals surface area (Å²) in [7, 11) is 0. The molecule has 4 nitrogen and oxygen atoms in total. The predicted octanol–water partition coefficient (Wildman–Crippen LogP) is 3.46. The van der Waals surface area contributed by atoms with Gasteiger partial charge in [-0.15, -0.1) is 0 Å². The van der Waals surface area contributed by atoms with Crippen LogP contribution in [0.2, 0.25) is 0 Å². The van der Waals surface area contributed by atoms with Crippen molar-refractivity contribution in [2.24, 2.45) is 0 Å². The molecule has 0 bridgehead atoms. The molecule has 0 fully saturated rings. The molecule has 6 heteroatoms. The van der Waals surface area contributed by atoms with E-state index in [1.807, 2.05) is 6.07 Å². The first-order chi connectivity index (χ1) is 9.63. The molecule has 0 radical (unpaired) electrons. The Morgan fingerprint density at radius 2 is 1.95 bits per heavy atom. The summed E-state index contributed by atoms with van der Waals surface area (Å²) >= 11 is 0. The highest BCUT2D eigenvalue weighted by Crippen LogP contribution is 2.26. The van der Waals surface area contributed by atoms with Crippen LogP contribution in [0, 0.1) is 23.0 Å². The zero-order chi connectivity index (χ0) is 14.5. The van der Waals surface area contributed by atoms with Crippen LogP contribution in [0.15, 0.2) is 30.3 Å². The average Bonchev–Trinajstić information content (AvgIpc) is 2.45. The number of nitrogens with zero attached hydrogens (tertiary/aromatic N) is 2. The Kier molecular flexibility index (Phi) is 4.11. The first-order valence-corrected chi connectivity index (χ1v) is 5.92. The van der Waals surface area contributed by atoms with Gasteiger partial charge in [0.1, 0.15) is 5.75 Å². The Bertz CT molecular complexity index is 651. The molecule has 0 saturated carbocycles. The van der Waals surface area contributed by atoms with Gasteiger partial charge in [-0.3, -0.25) is 0 Å². The topological polar surface area (TPSA) is 57.9 Å². The third-order valence-corrected chi connectivity index (χ3v) is 2.44. The predicted molar refractivity (Wildman–Crippen MR) is 69.5 cm³/mol. The van der Waals surface area contributed by atoms with Gasteiger partial charge in [0, 0.05) is 12.6 Å². The van der Waals surface area contributed by atoms with Gasteiger partial charge in [-0.2, -0.15) is 10.2 Å². The van der Waals surface area contributed by atoms with E-state index >= 15 is 0 Å². The molecule has 102 valence electrons. The summed E-state index contributed by atoms with van der Waals surface area (Å²) in [4.78, 5) is 3.75. The summed E-state index contributed by atoms with van der Waals surface area (Å²) in [6, 6.07) is 8.75. The van der Waals surface area contributed by atoms with E-state index in [1.54, 1.807) is 6.92 Å². The Balaban J connectivity index is 2.27. The van der Waals surface area contributed by atoms with Crippen molar-refractivity contribution in [1.29, 1.82) is 5.26 Å². The lowest BCUT2D eigenvalue weighted by Crippen LogP contribution is -2.04. The Morgan fingerprint density at radius 1 is 1.25 bits per heavy atom. The Hall–Kier alpha value is -2.68. The minimum Gasteiger partial charge on any atom is -0.436 e. The Labute approximate surface area is 114 Å². The monoisotopic (exact) mass is 275 g/mol. The van der Waals surface area contributed by atoms with E-state index in [9.17, 15) is 8.78 Å². The van der Waals surface area contributed by atoms with Crippen molar-refractivity contribution in [2.75, 3.05) is 11.9 Å². The summed E-state index contributed by atoms with van der Waals surface area (Å²) in [5.74, 6) is -1.76. The number of hydrogen-bond acceptors (Lipinski definition) is 4. The molecule has 0 saturated heterocycles. The number of hydrogen-bond donors (Lipinski definition) is 1. The molecule has 0 amide bonds. The molecule has 1 aromatic heterocycles. The van der Waals surface area contributed by atoms with Crippen LogP contribution in [0.1, 0.15) is 12.5 Å². The van der Waals surface area contributed by atoms with Crippen molar-refractivity contribution in [3.63, 3.8) is 0 Å². The van der Waals surface area contributed by atoms with Gasteiger partial charge in [0.2, 0.25) is 0 Å². The number of pyridine rings is 1. The summed E-state index contributed by atoms with van der Waals surface area (Å²) < 4.78 is 32.2. The lowest BCUT2D eigenvalue weighted by atomic mass is 10.2. The smallest absolute Gasteiger partial charge is 0.258 e. The minimum absolute atomic E-state index is 0.0717. The van der Waals surface area contributed by atoms with E-state index in [1.165, 1.54) is 24.3 Å². The largest absolute Gasteiger partial charge is 0.436 e. The van der Waals surface area contributed by atoms with Crippen LogP contribution in [-0.4, -0.2) is 11.5 Å². The number of nitriles is 1. The second kappa shape index (κ2) is 5.97. The standard InChI is InChI=1S/C14H11F2N3O/c1-2-18-13-11(15)7-12(16)14(19-13)20-10-5-3-9(8-17)4-6-10/h3-7H,2H2,1H3,(H,18,19). The minimum atomic E-state index is -0.895. The molecule has 0 unspecified atom stereocenters. The van der Waals surface area contributed by atoms with Crippen molar-refractivity contribution in [1.82, 2.24) is 4.98 Å². The maximum absolute atomic E-state index is 13.6. The molecule has 0 aliphatic rings. The number of anilines is 1. The summed E-state index contributed by atoms with van der Waals surface area (Å²) in [6.07, 6.45) is 0. The van der Waals surface area contributed by atoms with E-state index in [0.29, 0.717) is 23.9 Å². The van der Waals surface area contributed by atoms with Crippen molar-refractivity contribution in [3.8, 4) is 17.7 Å². The van der Waals surface area contributed by atoms with Crippen molar-refractivity contribution >= 4 is 5.82 Å². The molecule has 1 aromatic carbocycles. The van der Waals surface area contributed by atoms with Gasteiger partial charge in [0.15, 0.2) is 17.5 Å². The maximum Gasteiger partial charge on any atom is 0.258 e. The van der Waals surface area contributed by atoms with Gasteiger partial charge in [-0.1, -0.05) is 0 Å². The number of rotatable bonds is 4. The van der Waals surface area contributed by atoms with E-state index in [2.05, 4.69) is 10.3 Å². The molecule has 1 heterocycles. The summed E-state index contributed by atoms with van der Waals surface area (Å²) in [5.41, 5.74) is 0.457. The first kappa shape index (κ1) is 13.7. The second-order valence-electron chi connectivity index (χ2n) is 3.87. The average molecular weight is 275 g/mol. The highest BCUT2D eigenvalue weighted by Gasteiger charge is 2.13. The highest BCUT2D eigenvalue weighted by atomic mass is 19.1. The quantitative estimate of drug-likeness (QED) is 0.928. The third-order valence-electron chi connectivity index (χ3n) is 2.44. The maximum atomic E-state index is 13.6. The molecule has 0 aliphatic carbocycles. The van der Waals surface area contributed by atoms with Crippen molar-refractivity contribution < 1.29 is 13.5 Å². The first-order valence-electron chi connectivity index (χ1n) is 5.92. The number of ether oxygens (including phenoxy) is 1.